The minimum Gasteiger partial charge on any atom is -0.504 e. The number of aliphatic hydroxyl groups excluding tert-OH is 1. The van der Waals surface area contributed by atoms with E-state index in [-0.39, 0.29) is 45.5 Å². The third kappa shape index (κ3) is 2.90. The fourth-order valence-electron chi connectivity index (χ4n) is 9.38. The predicted octanol–water partition coefficient (Wildman–Crippen LogP) is 6.05. The van der Waals surface area contributed by atoms with E-state index in [2.05, 4.69) is 34.6 Å². The molecule has 2 unspecified atom stereocenters. The van der Waals surface area contributed by atoms with Crippen molar-refractivity contribution in [3.63, 3.8) is 0 Å². The molecule has 35 heavy (non-hydrogen) atoms. The number of hydrogen-bond acceptors (Lipinski definition) is 5. The quantitative estimate of drug-likeness (QED) is 0.463. The smallest absolute Gasteiger partial charge is 0.311 e. The van der Waals surface area contributed by atoms with Crippen LogP contribution in [-0.2, 0) is 19.1 Å². The first kappa shape index (κ1) is 24.5. The summed E-state index contributed by atoms with van der Waals surface area (Å²) in [5.41, 5.74) is 0.960. The molecule has 5 nitrogen and oxygen atoms in total. The Kier molecular flexibility index (Phi) is 5.04. The number of ether oxygens (including phenoxy) is 1. The Labute approximate surface area is 209 Å². The zero-order valence-electron chi connectivity index (χ0n) is 22.3. The topological polar surface area (TPSA) is 80.7 Å². The van der Waals surface area contributed by atoms with Crippen LogP contribution in [0.25, 0.3) is 0 Å². The van der Waals surface area contributed by atoms with Gasteiger partial charge in [0.25, 0.3) is 0 Å². The fourth-order valence-corrected chi connectivity index (χ4v) is 9.38. The standard InChI is InChI=1S/C30H40O5/c1-17-18-14-21(32)24-28(4,19(18)15-20(31)23(17)33)11-13-29(5)22-16-27(3,25(34)35-7)9-8-26(22,2)10-12-30(24,29)6/h14-15,22,24,33H,8-13,16H2,1-7H3/t22?,24?,26-,27-,28+,29+,30-/m1/s1. The summed E-state index contributed by atoms with van der Waals surface area (Å²) in [6, 6.07) is 0. The largest absolute Gasteiger partial charge is 0.504 e. The van der Waals surface area contributed by atoms with Crippen LogP contribution in [-0.4, -0.2) is 29.8 Å². The van der Waals surface area contributed by atoms with Crippen molar-refractivity contribution in [2.24, 2.45) is 38.9 Å². The normalized spacial score (nSPS) is 47.1. The molecule has 0 spiro atoms. The molecule has 1 N–H and O–H groups in total. The Bertz CT molecular complexity index is 1140. The van der Waals surface area contributed by atoms with Crippen LogP contribution in [0.15, 0.2) is 34.6 Å². The van der Waals surface area contributed by atoms with E-state index in [0.29, 0.717) is 11.5 Å². The Hall–Kier alpha value is -2.17. The van der Waals surface area contributed by atoms with Crippen molar-refractivity contribution in [3.8, 4) is 0 Å². The van der Waals surface area contributed by atoms with Crippen molar-refractivity contribution in [3.05, 3.63) is 34.6 Å². The van der Waals surface area contributed by atoms with Gasteiger partial charge in [-0.25, -0.2) is 0 Å². The zero-order valence-corrected chi connectivity index (χ0v) is 22.3. The van der Waals surface area contributed by atoms with Crippen LogP contribution in [0.3, 0.4) is 0 Å². The van der Waals surface area contributed by atoms with Crippen molar-refractivity contribution in [1.29, 1.82) is 0 Å². The third-order valence-electron chi connectivity index (χ3n) is 11.9. The number of esters is 1. The number of rotatable bonds is 1. The molecule has 5 aliphatic carbocycles. The molecule has 0 saturated heterocycles. The first-order valence-corrected chi connectivity index (χ1v) is 13.2. The maximum absolute atomic E-state index is 14.0. The van der Waals surface area contributed by atoms with Gasteiger partial charge in [-0.2, -0.15) is 0 Å². The Morgan fingerprint density at radius 3 is 2.23 bits per heavy atom. The average molecular weight is 481 g/mol. The first-order valence-electron chi connectivity index (χ1n) is 13.2. The minimum atomic E-state index is -0.498. The summed E-state index contributed by atoms with van der Waals surface area (Å²) in [5, 5.41) is 10.3. The summed E-state index contributed by atoms with van der Waals surface area (Å²) in [7, 11) is 1.48. The lowest BCUT2D eigenvalue weighted by atomic mass is 9.32. The summed E-state index contributed by atoms with van der Waals surface area (Å²) in [5.74, 6) is -0.545. The second kappa shape index (κ2) is 7.20. The van der Waals surface area contributed by atoms with E-state index in [1.54, 1.807) is 19.1 Å². The van der Waals surface area contributed by atoms with Gasteiger partial charge >= 0.3 is 5.97 Å². The number of carbonyl (C=O) groups excluding carboxylic acids is 3. The molecule has 0 aromatic heterocycles. The van der Waals surface area contributed by atoms with Crippen LogP contribution in [0.1, 0.15) is 86.5 Å². The molecular weight excluding hydrogens is 440 g/mol. The maximum atomic E-state index is 14.0. The van der Waals surface area contributed by atoms with E-state index in [1.165, 1.54) is 7.11 Å². The molecule has 0 aliphatic heterocycles. The van der Waals surface area contributed by atoms with Crippen LogP contribution in [0.4, 0.5) is 0 Å². The highest BCUT2D eigenvalue weighted by Crippen LogP contribution is 2.75. The SMILES string of the molecule is COC(=O)[C@]1(C)CC[C@]2(C)CC[C@]3(C)C4C(=O)C=C5C(=CC(=O)C(O)=C5C)[C@]4(C)CC[C@@]3(C)C2C1. The molecule has 0 heterocycles. The highest BCUT2D eigenvalue weighted by atomic mass is 16.5. The summed E-state index contributed by atoms with van der Waals surface area (Å²) in [6.07, 6.45) is 9.65. The molecule has 3 saturated carbocycles. The summed E-state index contributed by atoms with van der Waals surface area (Å²) < 4.78 is 5.24. The van der Waals surface area contributed by atoms with E-state index in [4.69, 9.17) is 4.74 Å². The maximum Gasteiger partial charge on any atom is 0.311 e. The average Bonchev–Trinajstić information content (AvgIpc) is 2.81. The van der Waals surface area contributed by atoms with Crippen LogP contribution < -0.4 is 0 Å². The number of carbonyl (C=O) groups is 3. The molecule has 0 radical (unpaired) electrons. The van der Waals surface area contributed by atoms with E-state index in [1.807, 2.05) is 0 Å². The Morgan fingerprint density at radius 2 is 1.57 bits per heavy atom. The molecule has 3 fully saturated rings. The van der Waals surface area contributed by atoms with E-state index < -0.39 is 10.8 Å². The lowest BCUT2D eigenvalue weighted by molar-refractivity contribution is -0.216. The Morgan fingerprint density at radius 1 is 0.943 bits per heavy atom. The Balaban J connectivity index is 1.63. The summed E-state index contributed by atoms with van der Waals surface area (Å²) in [4.78, 5) is 39.5. The van der Waals surface area contributed by atoms with Crippen molar-refractivity contribution in [2.75, 3.05) is 7.11 Å². The van der Waals surface area contributed by atoms with Crippen molar-refractivity contribution >= 4 is 17.5 Å². The second-order valence-electron chi connectivity index (χ2n) is 13.5. The van der Waals surface area contributed by atoms with Crippen molar-refractivity contribution in [2.45, 2.75) is 86.5 Å². The van der Waals surface area contributed by atoms with Gasteiger partial charge in [-0.3, -0.25) is 14.4 Å². The number of methoxy groups -OCH3 is 1. The lowest BCUT2D eigenvalue weighted by Crippen LogP contribution is -2.66. The number of hydrogen-bond donors (Lipinski definition) is 1. The van der Waals surface area contributed by atoms with Crippen LogP contribution in [0.2, 0.25) is 0 Å². The minimum absolute atomic E-state index is 0.115. The molecule has 7 atom stereocenters. The van der Waals surface area contributed by atoms with Gasteiger partial charge in [-0.1, -0.05) is 27.7 Å². The molecule has 0 bridgehead atoms. The van der Waals surface area contributed by atoms with E-state index in [9.17, 15) is 19.5 Å². The highest BCUT2D eigenvalue weighted by molar-refractivity contribution is 6.09. The monoisotopic (exact) mass is 480 g/mol. The van der Waals surface area contributed by atoms with Crippen LogP contribution in [0, 0.1) is 38.9 Å². The number of ketones is 2. The van der Waals surface area contributed by atoms with Gasteiger partial charge < -0.3 is 9.84 Å². The van der Waals surface area contributed by atoms with Crippen LogP contribution >= 0.6 is 0 Å². The molecular formula is C30H40O5. The molecule has 5 heteroatoms. The second-order valence-corrected chi connectivity index (χ2v) is 13.5. The highest BCUT2D eigenvalue weighted by Gasteiger charge is 2.70. The lowest BCUT2D eigenvalue weighted by Gasteiger charge is -2.71. The first-order chi connectivity index (χ1) is 16.2. The summed E-state index contributed by atoms with van der Waals surface area (Å²) in [6.45, 7) is 13.0. The fraction of sp³-hybridized carbons (Fsp3) is 0.700. The van der Waals surface area contributed by atoms with Crippen molar-refractivity contribution < 1.29 is 24.2 Å². The predicted molar refractivity (Wildman–Crippen MR) is 133 cm³/mol. The summed E-state index contributed by atoms with van der Waals surface area (Å²) >= 11 is 0. The third-order valence-corrected chi connectivity index (χ3v) is 11.9. The van der Waals surface area contributed by atoms with Crippen LogP contribution in [0.5, 0.6) is 0 Å². The number of aliphatic hydroxyl groups is 1. The van der Waals surface area contributed by atoms with E-state index in [0.717, 1.165) is 56.1 Å². The van der Waals surface area contributed by atoms with Gasteiger partial charge in [0.1, 0.15) is 0 Å². The molecule has 5 rings (SSSR count). The molecule has 0 aromatic carbocycles. The van der Waals surface area contributed by atoms with Gasteiger partial charge in [0.15, 0.2) is 11.5 Å². The number of fused-ring (bicyclic) bond motifs is 7. The van der Waals surface area contributed by atoms with Gasteiger partial charge in [-0.15, -0.1) is 0 Å². The van der Waals surface area contributed by atoms with Gasteiger partial charge in [0, 0.05) is 16.9 Å². The molecule has 5 aliphatic rings. The van der Waals surface area contributed by atoms with Gasteiger partial charge in [-0.05, 0) is 104 Å². The number of allylic oxidation sites excluding steroid dienone is 5. The van der Waals surface area contributed by atoms with Crippen molar-refractivity contribution in [1.82, 2.24) is 0 Å². The van der Waals surface area contributed by atoms with Gasteiger partial charge in [0.2, 0.25) is 5.78 Å². The molecule has 0 aromatic rings. The van der Waals surface area contributed by atoms with E-state index >= 15 is 0 Å². The molecule has 0 amide bonds. The molecule has 190 valence electrons. The zero-order chi connectivity index (χ0) is 25.8. The van der Waals surface area contributed by atoms with Gasteiger partial charge in [0.05, 0.1) is 12.5 Å².